The van der Waals surface area contributed by atoms with Gasteiger partial charge in [0.25, 0.3) is 5.91 Å². The minimum Gasteiger partial charge on any atom is -0.497 e. The highest BCUT2D eigenvalue weighted by atomic mass is 16.7. The van der Waals surface area contributed by atoms with Crippen molar-refractivity contribution < 1.29 is 23.7 Å². The van der Waals surface area contributed by atoms with Crippen LogP contribution in [0.1, 0.15) is 11.1 Å². The van der Waals surface area contributed by atoms with E-state index in [-0.39, 0.29) is 25.3 Å². The van der Waals surface area contributed by atoms with Gasteiger partial charge < -0.3 is 18.9 Å². The number of hydrogen-bond acceptors (Lipinski definition) is 7. The quantitative estimate of drug-likeness (QED) is 0.660. The summed E-state index contributed by atoms with van der Waals surface area (Å²) in [6.45, 7) is -0.0277. The molecular formula is C21H19N3O5. The monoisotopic (exact) mass is 393 g/mol. The Labute approximate surface area is 167 Å². The Balaban J connectivity index is 1.49. The third-order valence-electron chi connectivity index (χ3n) is 4.29. The molecule has 1 N–H and O–H groups in total. The van der Waals surface area contributed by atoms with Gasteiger partial charge in [-0.15, -0.1) is 0 Å². The van der Waals surface area contributed by atoms with Crippen LogP contribution in [0.25, 0.3) is 0 Å². The summed E-state index contributed by atoms with van der Waals surface area (Å²) in [5.41, 5.74) is 1.94. The van der Waals surface area contributed by atoms with E-state index in [4.69, 9.17) is 18.9 Å². The van der Waals surface area contributed by atoms with Crippen LogP contribution in [-0.2, 0) is 11.2 Å². The highest BCUT2D eigenvalue weighted by molar-refractivity contribution is 5.90. The second-order valence-electron chi connectivity index (χ2n) is 6.25. The topological polar surface area (TPSA) is 91.8 Å². The van der Waals surface area contributed by atoms with E-state index < -0.39 is 0 Å². The molecule has 29 heavy (non-hydrogen) atoms. The number of amides is 1. The zero-order valence-electron chi connectivity index (χ0n) is 15.8. The van der Waals surface area contributed by atoms with E-state index in [1.54, 1.807) is 31.6 Å². The fourth-order valence-electron chi connectivity index (χ4n) is 2.87. The molecule has 8 heteroatoms. The lowest BCUT2D eigenvalue weighted by Crippen LogP contribution is -2.21. The maximum atomic E-state index is 12.2. The number of carbonyl (C=O) groups is 1. The van der Waals surface area contributed by atoms with Crippen molar-refractivity contribution in [2.45, 2.75) is 6.42 Å². The fourth-order valence-corrected chi connectivity index (χ4v) is 2.87. The van der Waals surface area contributed by atoms with Crippen molar-refractivity contribution in [3.8, 4) is 23.0 Å². The van der Waals surface area contributed by atoms with E-state index in [9.17, 15) is 4.79 Å². The molecule has 4 rings (SSSR count). The third kappa shape index (κ3) is 4.55. The predicted molar refractivity (Wildman–Crippen MR) is 105 cm³/mol. The highest BCUT2D eigenvalue weighted by Crippen LogP contribution is 2.39. The number of rotatable bonds is 7. The normalized spacial score (nSPS) is 11.8. The summed E-state index contributed by atoms with van der Waals surface area (Å²) in [6.07, 6.45) is 3.70. The summed E-state index contributed by atoms with van der Waals surface area (Å²) in [4.78, 5) is 20.1. The van der Waals surface area contributed by atoms with Crippen LogP contribution in [0.4, 0.5) is 5.95 Å². The maximum Gasteiger partial charge on any atom is 0.264 e. The zero-order chi connectivity index (χ0) is 20.1. The molecule has 0 saturated heterocycles. The lowest BCUT2D eigenvalue weighted by Gasteiger charge is -2.13. The first-order valence-corrected chi connectivity index (χ1v) is 8.96. The van der Waals surface area contributed by atoms with Crippen molar-refractivity contribution in [1.29, 1.82) is 0 Å². The lowest BCUT2D eigenvalue weighted by atomic mass is 10.0. The van der Waals surface area contributed by atoms with Gasteiger partial charge >= 0.3 is 0 Å². The molecule has 2 heterocycles. The van der Waals surface area contributed by atoms with Crippen molar-refractivity contribution >= 4 is 11.9 Å². The number of aromatic nitrogens is 2. The van der Waals surface area contributed by atoms with Gasteiger partial charge in [0.05, 0.1) is 7.11 Å². The Hall–Kier alpha value is -3.81. The van der Waals surface area contributed by atoms with Gasteiger partial charge in [-0.25, -0.2) is 9.97 Å². The molecule has 0 fully saturated rings. The van der Waals surface area contributed by atoms with Gasteiger partial charge in [-0.1, -0.05) is 12.1 Å². The Morgan fingerprint density at radius 1 is 1.10 bits per heavy atom. The van der Waals surface area contributed by atoms with Crippen LogP contribution in [0.2, 0.25) is 0 Å². The number of anilines is 1. The van der Waals surface area contributed by atoms with E-state index in [2.05, 4.69) is 15.3 Å². The summed E-state index contributed by atoms with van der Waals surface area (Å²) in [5.74, 6) is 2.45. The third-order valence-corrected chi connectivity index (χ3v) is 4.29. The molecule has 1 aromatic heterocycles. The molecule has 1 aliphatic rings. The van der Waals surface area contributed by atoms with Gasteiger partial charge in [0.1, 0.15) is 11.5 Å². The zero-order valence-corrected chi connectivity index (χ0v) is 15.8. The average molecular weight is 393 g/mol. The number of methoxy groups -OCH3 is 1. The molecule has 0 radical (unpaired) electrons. The average Bonchev–Trinajstić information content (AvgIpc) is 3.20. The van der Waals surface area contributed by atoms with Crippen LogP contribution < -0.4 is 24.3 Å². The van der Waals surface area contributed by atoms with Crippen LogP contribution in [0.3, 0.4) is 0 Å². The van der Waals surface area contributed by atoms with Gasteiger partial charge in [0, 0.05) is 30.4 Å². The van der Waals surface area contributed by atoms with Crippen molar-refractivity contribution in [3.63, 3.8) is 0 Å². The first-order valence-electron chi connectivity index (χ1n) is 8.96. The number of ether oxygens (including phenoxy) is 4. The van der Waals surface area contributed by atoms with Gasteiger partial charge in [0.15, 0.2) is 18.1 Å². The minimum atomic E-state index is -0.357. The fraction of sp³-hybridized carbons (Fsp3) is 0.190. The van der Waals surface area contributed by atoms with Crippen molar-refractivity contribution in [2.24, 2.45) is 0 Å². The number of nitrogens with one attached hydrogen (secondary N) is 1. The first-order chi connectivity index (χ1) is 14.2. The molecular weight excluding hydrogens is 374 g/mol. The maximum absolute atomic E-state index is 12.2. The predicted octanol–water partition coefficient (Wildman–Crippen LogP) is 2.82. The molecule has 8 nitrogen and oxygen atoms in total. The summed E-state index contributed by atoms with van der Waals surface area (Å²) in [6, 6.07) is 13.0. The Bertz CT molecular complexity index is 993. The van der Waals surface area contributed by atoms with Crippen LogP contribution >= 0.6 is 0 Å². The molecule has 0 aliphatic carbocycles. The van der Waals surface area contributed by atoms with Crippen LogP contribution in [0.15, 0.2) is 54.9 Å². The van der Waals surface area contributed by atoms with E-state index in [0.717, 1.165) is 16.9 Å². The van der Waals surface area contributed by atoms with Crippen LogP contribution in [0, 0.1) is 0 Å². The molecule has 1 amide bonds. The van der Waals surface area contributed by atoms with E-state index in [0.29, 0.717) is 23.7 Å². The Morgan fingerprint density at radius 3 is 2.55 bits per heavy atom. The highest BCUT2D eigenvalue weighted by Gasteiger charge is 2.19. The number of carbonyl (C=O) groups excluding carboxylic acids is 1. The standard InChI is InChI=1S/C21H19N3O5/c1-26-16-5-3-14(4-6-16)9-15-10-18-19(29-13-28-18)11-17(15)27-12-20(25)24-21-22-7-2-8-23-21/h2-8,10-11H,9,12-13H2,1H3,(H,22,23,24,25). The lowest BCUT2D eigenvalue weighted by molar-refractivity contribution is -0.118. The number of hydrogen-bond donors (Lipinski definition) is 1. The summed E-state index contributed by atoms with van der Waals surface area (Å²) < 4.78 is 21.9. The van der Waals surface area contributed by atoms with Gasteiger partial charge in [-0.05, 0) is 29.8 Å². The summed E-state index contributed by atoms with van der Waals surface area (Å²) in [7, 11) is 1.63. The molecule has 0 saturated carbocycles. The first kappa shape index (κ1) is 18.5. The largest absolute Gasteiger partial charge is 0.497 e. The van der Waals surface area contributed by atoms with Crippen LogP contribution in [0.5, 0.6) is 23.0 Å². The minimum absolute atomic E-state index is 0.159. The molecule has 1 aliphatic heterocycles. The van der Waals surface area contributed by atoms with Gasteiger partial charge in [0.2, 0.25) is 12.7 Å². The van der Waals surface area contributed by atoms with E-state index in [1.165, 1.54) is 0 Å². The van der Waals surface area contributed by atoms with Gasteiger partial charge in [-0.3, -0.25) is 10.1 Å². The molecule has 0 spiro atoms. The SMILES string of the molecule is COc1ccc(Cc2cc3c(cc2OCC(=O)Nc2ncccn2)OCO3)cc1. The van der Waals surface area contributed by atoms with Crippen molar-refractivity contribution in [3.05, 3.63) is 66.0 Å². The summed E-state index contributed by atoms with van der Waals surface area (Å²) >= 11 is 0. The second kappa shape index (κ2) is 8.47. The number of nitrogens with zero attached hydrogens (tertiary/aromatic N) is 2. The molecule has 3 aromatic rings. The molecule has 0 bridgehead atoms. The van der Waals surface area contributed by atoms with Crippen LogP contribution in [-0.4, -0.2) is 36.4 Å². The van der Waals surface area contributed by atoms with E-state index in [1.807, 2.05) is 30.3 Å². The van der Waals surface area contributed by atoms with Crippen molar-refractivity contribution in [1.82, 2.24) is 9.97 Å². The summed E-state index contributed by atoms with van der Waals surface area (Å²) in [5, 5.41) is 2.59. The smallest absolute Gasteiger partial charge is 0.264 e. The van der Waals surface area contributed by atoms with Crippen molar-refractivity contribution in [2.75, 3.05) is 25.8 Å². The molecule has 0 atom stereocenters. The molecule has 0 unspecified atom stereocenters. The van der Waals surface area contributed by atoms with Gasteiger partial charge in [-0.2, -0.15) is 0 Å². The number of fused-ring (bicyclic) bond motifs is 1. The Kier molecular flexibility index (Phi) is 5.42. The van der Waals surface area contributed by atoms with E-state index >= 15 is 0 Å². The second-order valence-corrected chi connectivity index (χ2v) is 6.25. The molecule has 2 aromatic carbocycles. The molecule has 148 valence electrons. The number of benzene rings is 2. The Morgan fingerprint density at radius 2 is 1.83 bits per heavy atom.